The fraction of sp³-hybridized carbons (Fsp3) is 0.636. The summed E-state index contributed by atoms with van der Waals surface area (Å²) in [7, 11) is 0. The normalized spacial score (nSPS) is 25.9. The Morgan fingerprint density at radius 1 is 1.14 bits per heavy atom. The van der Waals surface area contributed by atoms with Crippen LogP contribution in [-0.4, -0.2) is 27.8 Å². The largest absolute Gasteiger partial charge is 0.437 e. The van der Waals surface area contributed by atoms with Gasteiger partial charge in [-0.1, -0.05) is 21.5 Å². The third-order valence-corrected chi connectivity index (χ3v) is 4.59. The van der Waals surface area contributed by atoms with Gasteiger partial charge in [-0.25, -0.2) is 4.39 Å². The van der Waals surface area contributed by atoms with E-state index in [1.54, 1.807) is 0 Å². The monoisotopic (exact) mass is 403 g/mol. The lowest BCUT2D eigenvalue weighted by Crippen LogP contribution is -2.61. The smallest absolute Gasteiger partial charge is 0.366 e. The van der Waals surface area contributed by atoms with Gasteiger partial charge in [0.2, 0.25) is 0 Å². The highest BCUT2D eigenvalue weighted by Crippen LogP contribution is 2.51. The topological polar surface area (TPSA) is 12.0 Å². The van der Waals surface area contributed by atoms with E-state index in [9.17, 15) is 30.7 Å². The Morgan fingerprint density at radius 3 is 1.90 bits per heavy atom. The Hall–Kier alpha value is -0.440. The third-order valence-electron chi connectivity index (χ3n) is 2.87. The summed E-state index contributed by atoms with van der Waals surface area (Å²) in [5.74, 6) is 0. The second-order valence-corrected chi connectivity index (χ2v) is 6.58. The molecule has 0 aromatic carbocycles. The van der Waals surface area contributed by atoms with Gasteiger partial charge in [-0.05, 0) is 26.0 Å². The van der Waals surface area contributed by atoms with Crippen LogP contribution in [-0.2, 0) is 0 Å². The van der Waals surface area contributed by atoms with Crippen LogP contribution in [0.3, 0.4) is 0 Å². The number of hydrogen-bond donors (Lipinski definition) is 1. The third kappa shape index (κ3) is 3.18. The molecule has 21 heavy (non-hydrogen) atoms. The Labute approximate surface area is 129 Å². The first-order chi connectivity index (χ1) is 9.15. The van der Waals surface area contributed by atoms with Crippen LogP contribution < -0.4 is 5.32 Å². The van der Waals surface area contributed by atoms with Crippen LogP contribution >= 0.6 is 27.5 Å². The molecule has 2 atom stereocenters. The van der Waals surface area contributed by atoms with Gasteiger partial charge in [-0.3, -0.25) is 0 Å². The maximum absolute atomic E-state index is 14.0. The molecule has 2 unspecified atom stereocenters. The summed E-state index contributed by atoms with van der Waals surface area (Å²) in [4.78, 5) is 0. The van der Waals surface area contributed by atoms with Crippen molar-refractivity contribution in [1.29, 1.82) is 0 Å². The second-order valence-electron chi connectivity index (χ2n) is 4.61. The summed E-state index contributed by atoms with van der Waals surface area (Å²) in [6.07, 6.45) is -10.6. The highest BCUT2D eigenvalue weighted by molar-refractivity contribution is 9.10. The summed E-state index contributed by atoms with van der Waals surface area (Å²) in [6.45, 7) is 2.57. The van der Waals surface area contributed by atoms with Crippen molar-refractivity contribution >= 4 is 27.5 Å². The van der Waals surface area contributed by atoms with Gasteiger partial charge in [-0.2, -0.15) is 26.3 Å². The Bertz CT molecular complexity index is 466. The molecule has 1 nitrogen and oxygen atoms in total. The van der Waals surface area contributed by atoms with E-state index in [2.05, 4.69) is 15.9 Å². The van der Waals surface area contributed by atoms with Crippen molar-refractivity contribution < 1.29 is 30.7 Å². The number of nitrogens with one attached hydrogen (secondary N) is 1. The summed E-state index contributed by atoms with van der Waals surface area (Å²) in [6, 6.07) is 0. The molecule has 0 aromatic rings. The zero-order valence-electron chi connectivity index (χ0n) is 10.6. The van der Waals surface area contributed by atoms with Crippen molar-refractivity contribution in [3.63, 3.8) is 0 Å². The Balaban J connectivity index is 3.46. The molecule has 0 aromatic heterocycles. The Kier molecular flexibility index (Phi) is 4.72. The van der Waals surface area contributed by atoms with E-state index in [1.165, 1.54) is 19.9 Å². The minimum atomic E-state index is -6.18. The lowest BCUT2D eigenvalue weighted by atomic mass is 9.93. The molecule has 1 rings (SSSR count). The van der Waals surface area contributed by atoms with Gasteiger partial charge in [-0.15, -0.1) is 11.6 Å². The first-order valence-electron chi connectivity index (χ1n) is 5.50. The summed E-state index contributed by atoms with van der Waals surface area (Å²) < 4.78 is 88.7. The van der Waals surface area contributed by atoms with E-state index in [-0.39, 0.29) is 5.57 Å². The van der Waals surface area contributed by atoms with Gasteiger partial charge in [0.25, 0.3) is 0 Å². The molecule has 10 heteroatoms. The van der Waals surface area contributed by atoms with Gasteiger partial charge in [0.1, 0.15) is 4.45 Å². The van der Waals surface area contributed by atoms with Gasteiger partial charge in [0.15, 0.2) is 0 Å². The first-order valence-corrected chi connectivity index (χ1v) is 6.73. The molecular formula is C11H10BrClF7N. The minimum Gasteiger partial charge on any atom is -0.366 e. The molecule has 0 spiro atoms. The van der Waals surface area contributed by atoms with Crippen LogP contribution in [0.5, 0.6) is 0 Å². The van der Waals surface area contributed by atoms with Crippen LogP contribution in [0.4, 0.5) is 30.7 Å². The zero-order valence-corrected chi connectivity index (χ0v) is 13.0. The van der Waals surface area contributed by atoms with Gasteiger partial charge >= 0.3 is 18.0 Å². The summed E-state index contributed by atoms with van der Waals surface area (Å²) in [5, 5.41) is 0.911. The molecule has 0 radical (unpaired) electrons. The fourth-order valence-corrected chi connectivity index (χ4v) is 2.44. The number of allylic oxidation sites excluding steroid dienone is 3. The standard InChI is InChI=1S/C11H10BrClF7N/c1-5-3-7(21-8(12,4-5)6(2)13)9(14,10(15,16)17)11(18,19)20/h3-4,6,21H,1-2H3. The van der Waals surface area contributed by atoms with Crippen molar-refractivity contribution in [2.24, 2.45) is 0 Å². The summed E-state index contributed by atoms with van der Waals surface area (Å²) >= 11 is 8.65. The second kappa shape index (κ2) is 5.33. The first kappa shape index (κ1) is 18.6. The van der Waals surface area contributed by atoms with Crippen molar-refractivity contribution in [1.82, 2.24) is 5.32 Å². The molecule has 0 aliphatic carbocycles. The molecule has 0 fully saturated rings. The van der Waals surface area contributed by atoms with Crippen LogP contribution in [0.15, 0.2) is 23.4 Å². The highest BCUT2D eigenvalue weighted by atomic mass is 79.9. The van der Waals surface area contributed by atoms with Crippen LogP contribution in [0, 0.1) is 0 Å². The number of dihydropyridines is 1. The van der Waals surface area contributed by atoms with Gasteiger partial charge in [0.05, 0.1) is 11.1 Å². The average molecular weight is 405 g/mol. The van der Waals surface area contributed by atoms with Crippen LogP contribution in [0.25, 0.3) is 0 Å². The van der Waals surface area contributed by atoms with E-state index in [1.807, 2.05) is 5.32 Å². The number of hydrogen-bond acceptors (Lipinski definition) is 1. The van der Waals surface area contributed by atoms with E-state index >= 15 is 0 Å². The molecule has 0 bridgehead atoms. The molecule has 1 heterocycles. The molecule has 1 aliphatic heterocycles. The van der Waals surface area contributed by atoms with Crippen molar-refractivity contribution in [3.8, 4) is 0 Å². The number of halogens is 9. The quantitative estimate of drug-likeness (QED) is 0.389. The number of rotatable bonds is 2. The van der Waals surface area contributed by atoms with E-state index in [4.69, 9.17) is 11.6 Å². The maximum Gasteiger partial charge on any atom is 0.437 e. The SMILES string of the molecule is CC1=CC(Br)(C(C)Cl)NC(C(F)(C(F)(F)F)C(F)(F)F)=C1. The van der Waals surface area contributed by atoms with E-state index < -0.39 is 33.5 Å². The highest BCUT2D eigenvalue weighted by Gasteiger charge is 2.75. The lowest BCUT2D eigenvalue weighted by Gasteiger charge is -2.40. The number of alkyl halides is 9. The predicted octanol–water partition coefficient (Wildman–Crippen LogP) is 4.97. The van der Waals surface area contributed by atoms with E-state index in [0.717, 1.165) is 0 Å². The molecule has 0 saturated carbocycles. The van der Waals surface area contributed by atoms with Crippen molar-refractivity contribution in [2.75, 3.05) is 0 Å². The van der Waals surface area contributed by atoms with Crippen LogP contribution in [0.1, 0.15) is 13.8 Å². The molecule has 1 N–H and O–H groups in total. The average Bonchev–Trinajstić information content (AvgIpc) is 2.23. The maximum atomic E-state index is 14.0. The van der Waals surface area contributed by atoms with Crippen molar-refractivity contribution in [2.45, 2.75) is 41.7 Å². The molecule has 0 amide bonds. The van der Waals surface area contributed by atoms with Crippen LogP contribution in [0.2, 0.25) is 0 Å². The Morgan fingerprint density at radius 2 is 1.57 bits per heavy atom. The molecule has 0 saturated heterocycles. The lowest BCUT2D eigenvalue weighted by molar-refractivity contribution is -0.328. The summed E-state index contributed by atoms with van der Waals surface area (Å²) in [5.41, 5.74) is -7.17. The minimum absolute atomic E-state index is 0.00338. The molecule has 122 valence electrons. The zero-order chi connectivity index (χ0) is 16.9. The van der Waals surface area contributed by atoms with Gasteiger partial charge in [0, 0.05) is 0 Å². The predicted molar refractivity (Wildman–Crippen MR) is 67.9 cm³/mol. The molecule has 1 aliphatic rings. The fourth-order valence-electron chi connectivity index (χ4n) is 1.75. The van der Waals surface area contributed by atoms with E-state index in [0.29, 0.717) is 6.08 Å². The van der Waals surface area contributed by atoms with Crippen molar-refractivity contribution in [3.05, 3.63) is 23.4 Å². The molecular weight excluding hydrogens is 394 g/mol. The van der Waals surface area contributed by atoms with Gasteiger partial charge < -0.3 is 5.32 Å².